The van der Waals surface area contributed by atoms with Crippen LogP contribution in [0.5, 0.6) is 0 Å². The van der Waals surface area contributed by atoms with E-state index in [0.29, 0.717) is 6.54 Å². The van der Waals surface area contributed by atoms with Gasteiger partial charge in [-0.15, -0.1) is 11.3 Å². The lowest BCUT2D eigenvalue weighted by molar-refractivity contribution is 0.555. The zero-order chi connectivity index (χ0) is 14.5. The lowest BCUT2D eigenvalue weighted by Crippen LogP contribution is -2.38. The van der Waals surface area contributed by atoms with E-state index in [-0.39, 0.29) is 12.5 Å². The van der Waals surface area contributed by atoms with Gasteiger partial charge in [0.2, 0.25) is 0 Å². The number of hydrogen-bond acceptors (Lipinski definition) is 4. The molecule has 108 valence electrons. The third-order valence-electron chi connectivity index (χ3n) is 2.89. The van der Waals surface area contributed by atoms with Crippen molar-refractivity contribution in [3.05, 3.63) is 22.4 Å². The molecule has 7 heteroatoms. The Labute approximate surface area is 118 Å². The summed E-state index contributed by atoms with van der Waals surface area (Å²) >= 11 is 1.70. The van der Waals surface area contributed by atoms with Crippen molar-refractivity contribution in [2.75, 3.05) is 19.3 Å². The molecule has 1 aromatic rings. The number of sulfone groups is 1. The summed E-state index contributed by atoms with van der Waals surface area (Å²) in [5.74, 6) is 0.285. The first kappa shape index (κ1) is 16.0. The summed E-state index contributed by atoms with van der Waals surface area (Å²) in [6, 6.07) is 4.07. The molecule has 1 rings (SSSR count). The van der Waals surface area contributed by atoms with E-state index in [4.69, 9.17) is 5.73 Å². The van der Waals surface area contributed by atoms with Gasteiger partial charge in [-0.3, -0.25) is 4.99 Å². The smallest absolute Gasteiger partial charge is 0.188 e. The third kappa shape index (κ3) is 5.20. The number of guanidine groups is 1. The summed E-state index contributed by atoms with van der Waals surface area (Å²) in [6.45, 7) is 4.13. The first-order valence-corrected chi connectivity index (χ1v) is 8.75. The van der Waals surface area contributed by atoms with Crippen molar-refractivity contribution in [3.63, 3.8) is 0 Å². The Hall–Kier alpha value is -1.08. The van der Waals surface area contributed by atoms with Crippen LogP contribution in [-0.4, -0.2) is 38.5 Å². The number of nitrogens with two attached hydrogens (primary N) is 1. The van der Waals surface area contributed by atoms with E-state index < -0.39 is 14.6 Å². The summed E-state index contributed by atoms with van der Waals surface area (Å²) in [6.07, 6.45) is 2.09. The lowest BCUT2D eigenvalue weighted by Gasteiger charge is -2.20. The molecule has 0 fully saturated rings. The van der Waals surface area contributed by atoms with Crippen molar-refractivity contribution in [3.8, 4) is 0 Å². The van der Waals surface area contributed by atoms with Gasteiger partial charge in [-0.1, -0.05) is 6.07 Å². The van der Waals surface area contributed by atoms with Crippen LogP contribution in [0.1, 0.15) is 18.7 Å². The number of rotatable bonds is 6. The molecule has 1 aromatic heterocycles. The molecular weight excluding hydrogens is 282 g/mol. The minimum Gasteiger partial charge on any atom is -0.370 e. The van der Waals surface area contributed by atoms with Gasteiger partial charge in [-0.2, -0.15) is 0 Å². The minimum absolute atomic E-state index is 0.156. The van der Waals surface area contributed by atoms with Crippen molar-refractivity contribution in [2.45, 2.75) is 25.0 Å². The molecule has 0 atom stereocenters. The number of nitrogens with one attached hydrogen (secondary N) is 1. The molecule has 0 amide bonds. The Morgan fingerprint density at radius 2 is 2.21 bits per heavy atom. The van der Waals surface area contributed by atoms with E-state index in [1.807, 2.05) is 11.4 Å². The van der Waals surface area contributed by atoms with Crippen LogP contribution >= 0.6 is 11.3 Å². The largest absolute Gasteiger partial charge is 0.370 e. The highest BCUT2D eigenvalue weighted by Gasteiger charge is 2.29. The SMILES string of the molecule is CC(C)(CN=C(N)NCCc1cccs1)S(C)(=O)=O. The predicted octanol–water partition coefficient (Wildman–Crippen LogP) is 1.02. The minimum atomic E-state index is -3.14. The van der Waals surface area contributed by atoms with Gasteiger partial charge < -0.3 is 11.1 Å². The number of hydrogen-bond donors (Lipinski definition) is 2. The van der Waals surface area contributed by atoms with Gasteiger partial charge in [-0.05, 0) is 31.7 Å². The standard InChI is InChI=1S/C12H21N3O2S2/c1-12(2,19(3,16)17)9-15-11(13)14-7-6-10-5-4-8-18-10/h4-5,8H,6-7,9H2,1-3H3,(H3,13,14,15). The van der Waals surface area contributed by atoms with Crippen molar-refractivity contribution in [2.24, 2.45) is 10.7 Å². The molecular formula is C12H21N3O2S2. The van der Waals surface area contributed by atoms with Crippen LogP contribution in [0.3, 0.4) is 0 Å². The molecule has 0 aliphatic rings. The number of thiophene rings is 1. The van der Waals surface area contributed by atoms with Crippen LogP contribution < -0.4 is 11.1 Å². The van der Waals surface area contributed by atoms with Crippen molar-refractivity contribution in [1.29, 1.82) is 0 Å². The van der Waals surface area contributed by atoms with E-state index >= 15 is 0 Å². The molecule has 0 aliphatic heterocycles. The second-order valence-corrected chi connectivity index (χ2v) is 8.67. The Kier molecular flexibility index (Phi) is 5.37. The molecule has 5 nitrogen and oxygen atoms in total. The Morgan fingerprint density at radius 1 is 1.53 bits per heavy atom. The van der Waals surface area contributed by atoms with Gasteiger partial charge in [0.15, 0.2) is 15.8 Å². The second kappa shape index (κ2) is 6.38. The summed E-state index contributed by atoms with van der Waals surface area (Å²) in [5.41, 5.74) is 5.71. The Morgan fingerprint density at radius 3 is 2.74 bits per heavy atom. The van der Waals surface area contributed by atoms with Gasteiger partial charge >= 0.3 is 0 Å². The average molecular weight is 303 g/mol. The van der Waals surface area contributed by atoms with E-state index in [1.54, 1.807) is 25.2 Å². The topological polar surface area (TPSA) is 84.5 Å². The van der Waals surface area contributed by atoms with Crippen LogP contribution in [0.15, 0.2) is 22.5 Å². The third-order valence-corrected chi connectivity index (χ3v) is 5.96. The Balaban J connectivity index is 2.41. The molecule has 19 heavy (non-hydrogen) atoms. The highest BCUT2D eigenvalue weighted by Crippen LogP contribution is 2.14. The van der Waals surface area contributed by atoms with E-state index in [2.05, 4.69) is 16.4 Å². The molecule has 0 aromatic carbocycles. The fraction of sp³-hybridized carbons (Fsp3) is 0.583. The number of nitrogens with zero attached hydrogens (tertiary/aromatic N) is 1. The molecule has 0 saturated heterocycles. The van der Waals surface area contributed by atoms with E-state index in [0.717, 1.165) is 6.42 Å². The summed E-state index contributed by atoms with van der Waals surface area (Å²) in [7, 11) is -3.14. The van der Waals surface area contributed by atoms with Crippen LogP contribution in [0.25, 0.3) is 0 Å². The van der Waals surface area contributed by atoms with Gasteiger partial charge in [0.25, 0.3) is 0 Å². The monoisotopic (exact) mass is 303 g/mol. The van der Waals surface area contributed by atoms with E-state index in [1.165, 1.54) is 11.1 Å². The molecule has 0 unspecified atom stereocenters. The van der Waals surface area contributed by atoms with Crippen LogP contribution in [0.4, 0.5) is 0 Å². The fourth-order valence-electron chi connectivity index (χ4n) is 1.22. The van der Waals surface area contributed by atoms with Crippen molar-refractivity contribution in [1.82, 2.24) is 5.32 Å². The molecule has 0 bridgehead atoms. The summed E-state index contributed by atoms with van der Waals surface area (Å²) < 4.78 is 22.1. The zero-order valence-electron chi connectivity index (χ0n) is 11.5. The molecule has 3 N–H and O–H groups in total. The predicted molar refractivity (Wildman–Crippen MR) is 81.4 cm³/mol. The highest BCUT2D eigenvalue weighted by molar-refractivity contribution is 7.92. The van der Waals surface area contributed by atoms with Gasteiger partial charge in [0, 0.05) is 17.7 Å². The first-order valence-electron chi connectivity index (χ1n) is 5.98. The van der Waals surface area contributed by atoms with Gasteiger partial charge in [0.05, 0.1) is 11.3 Å². The average Bonchev–Trinajstić information content (AvgIpc) is 2.78. The summed E-state index contributed by atoms with van der Waals surface area (Å²) in [5, 5.41) is 5.01. The normalized spacial score (nSPS) is 13.5. The van der Waals surface area contributed by atoms with Crippen LogP contribution in [0.2, 0.25) is 0 Å². The fourth-order valence-corrected chi connectivity index (χ4v) is 2.23. The van der Waals surface area contributed by atoms with E-state index in [9.17, 15) is 8.42 Å². The van der Waals surface area contributed by atoms with Crippen molar-refractivity contribution < 1.29 is 8.42 Å². The lowest BCUT2D eigenvalue weighted by atomic mass is 10.2. The highest BCUT2D eigenvalue weighted by atomic mass is 32.2. The molecule has 0 radical (unpaired) electrons. The molecule has 1 heterocycles. The molecule has 0 saturated carbocycles. The maximum Gasteiger partial charge on any atom is 0.188 e. The van der Waals surface area contributed by atoms with Crippen LogP contribution in [-0.2, 0) is 16.3 Å². The van der Waals surface area contributed by atoms with Gasteiger partial charge in [0.1, 0.15) is 0 Å². The maximum absolute atomic E-state index is 11.5. The molecule has 0 spiro atoms. The molecule has 0 aliphatic carbocycles. The van der Waals surface area contributed by atoms with Crippen molar-refractivity contribution >= 4 is 27.1 Å². The summed E-state index contributed by atoms with van der Waals surface area (Å²) in [4.78, 5) is 5.36. The maximum atomic E-state index is 11.5. The quantitative estimate of drug-likeness (QED) is 0.607. The Bertz CT molecular complexity index is 519. The van der Waals surface area contributed by atoms with Gasteiger partial charge in [-0.25, -0.2) is 8.42 Å². The zero-order valence-corrected chi connectivity index (χ0v) is 13.1. The van der Waals surface area contributed by atoms with Crippen LogP contribution in [0, 0.1) is 0 Å². The number of aliphatic imine (C=N–C) groups is 1. The first-order chi connectivity index (χ1) is 8.72. The second-order valence-electron chi connectivity index (χ2n) is 4.99.